The van der Waals surface area contributed by atoms with Crippen LogP contribution in [-0.4, -0.2) is 91.3 Å². The molecule has 0 saturated carbocycles. The molecule has 0 bridgehead atoms. The summed E-state index contributed by atoms with van der Waals surface area (Å²) in [5.74, 6) is -3.70. The number of rotatable bonds is 14. The van der Waals surface area contributed by atoms with Gasteiger partial charge in [-0.05, 0) is 49.7 Å². The molecule has 2 aliphatic rings. The second-order valence-electron chi connectivity index (χ2n) is 10.7. The molecule has 0 aliphatic carbocycles. The Kier molecular flexibility index (Phi) is 12.7. The van der Waals surface area contributed by atoms with Crippen LogP contribution in [0, 0.1) is 11.7 Å². The Morgan fingerprint density at radius 3 is 2.60 bits per heavy atom. The van der Waals surface area contributed by atoms with Gasteiger partial charge >= 0.3 is 12.1 Å². The number of hydrogen-bond donors (Lipinski definition) is 2. The molecule has 3 amide bonds. The van der Waals surface area contributed by atoms with Crippen molar-refractivity contribution in [3.8, 4) is 0 Å². The van der Waals surface area contributed by atoms with Crippen molar-refractivity contribution in [1.82, 2.24) is 10.2 Å². The lowest BCUT2D eigenvalue weighted by molar-refractivity contribution is -0.157. The first-order valence-corrected chi connectivity index (χ1v) is 15.3. The smallest absolute Gasteiger partial charge is 0.414 e. The van der Waals surface area contributed by atoms with Gasteiger partial charge in [0.25, 0.3) is 11.8 Å². The summed E-state index contributed by atoms with van der Waals surface area (Å²) in [5.41, 5.74) is -1.70. The molecule has 1 aromatic heterocycles. The van der Waals surface area contributed by atoms with Crippen LogP contribution in [0.1, 0.15) is 42.8 Å². The molecule has 2 aliphatic heterocycles. The van der Waals surface area contributed by atoms with Crippen molar-refractivity contribution in [2.24, 2.45) is 5.92 Å². The molecule has 12 nitrogen and oxygen atoms in total. The number of anilines is 2. The number of aliphatic carboxylic acids is 1. The van der Waals surface area contributed by atoms with Gasteiger partial charge in [0.15, 0.2) is 5.66 Å². The van der Waals surface area contributed by atoms with Crippen molar-refractivity contribution in [2.75, 3.05) is 49.2 Å². The lowest BCUT2D eigenvalue weighted by Gasteiger charge is -2.44. The SMILES string of the molecule is CC(C)[C@](NCCCCC=O)(C(=O)O)N(C[C@H]1CN(c2ccc(N3CCOCC3=O)cc2F)C(=O)O1)C(=O)c1ccc(Cl)s1.Cl. The Hall–Kier alpha value is -3.30. The number of cyclic esters (lactones) is 1. The zero-order valence-corrected chi connectivity index (χ0v) is 27.1. The van der Waals surface area contributed by atoms with E-state index >= 15 is 4.39 Å². The number of hydrogen-bond acceptors (Lipinski definition) is 9. The van der Waals surface area contributed by atoms with Crippen LogP contribution in [0.25, 0.3) is 0 Å². The molecule has 2 fully saturated rings. The first-order chi connectivity index (χ1) is 21.0. The highest BCUT2D eigenvalue weighted by atomic mass is 35.5. The topological polar surface area (TPSA) is 146 Å². The average Bonchev–Trinajstić information content (AvgIpc) is 3.58. The van der Waals surface area contributed by atoms with Crippen molar-refractivity contribution in [1.29, 1.82) is 0 Å². The molecule has 16 heteroatoms. The fourth-order valence-corrected chi connectivity index (χ4v) is 6.31. The Bertz CT molecular complexity index is 1410. The molecular formula is C29H35Cl2FN4O8S. The summed E-state index contributed by atoms with van der Waals surface area (Å²) in [6, 6.07) is 7.04. The second-order valence-corrected chi connectivity index (χ2v) is 12.4. The summed E-state index contributed by atoms with van der Waals surface area (Å²) in [7, 11) is 0. The highest BCUT2D eigenvalue weighted by Gasteiger charge is 2.51. The van der Waals surface area contributed by atoms with E-state index in [4.69, 9.17) is 21.1 Å². The quantitative estimate of drug-likeness (QED) is 0.170. The van der Waals surface area contributed by atoms with Gasteiger partial charge in [0.05, 0.1) is 34.6 Å². The maximum absolute atomic E-state index is 15.3. The summed E-state index contributed by atoms with van der Waals surface area (Å²) in [6.07, 6.45) is 0.206. The molecule has 1 aromatic carbocycles. The fraction of sp³-hybridized carbons (Fsp3) is 0.483. The first-order valence-electron chi connectivity index (χ1n) is 14.1. The molecule has 0 unspecified atom stereocenters. The van der Waals surface area contributed by atoms with Gasteiger partial charge in [0, 0.05) is 24.6 Å². The normalized spacial score (nSPS) is 17.9. The minimum Gasteiger partial charge on any atom is -0.478 e. The molecule has 3 heterocycles. The minimum atomic E-state index is -1.92. The fourth-order valence-electron chi connectivity index (χ4n) is 5.32. The number of carboxylic acids is 1. The van der Waals surface area contributed by atoms with Gasteiger partial charge in [-0.25, -0.2) is 14.0 Å². The maximum atomic E-state index is 15.3. The van der Waals surface area contributed by atoms with E-state index in [1.165, 1.54) is 29.2 Å². The van der Waals surface area contributed by atoms with Gasteiger partial charge in [-0.3, -0.25) is 19.8 Å². The zero-order chi connectivity index (χ0) is 32.0. The Labute approximate surface area is 274 Å². The summed E-state index contributed by atoms with van der Waals surface area (Å²) in [6.45, 7) is 3.44. The molecule has 2 atom stereocenters. The van der Waals surface area contributed by atoms with E-state index in [-0.39, 0.29) is 61.7 Å². The second kappa shape index (κ2) is 15.8. The number of carbonyl (C=O) groups excluding carboxylic acids is 4. The number of benzene rings is 1. The first kappa shape index (κ1) is 36.2. The third-order valence-corrected chi connectivity index (χ3v) is 8.76. The Morgan fingerprint density at radius 2 is 2.00 bits per heavy atom. The van der Waals surface area contributed by atoms with Crippen LogP contribution in [0.4, 0.5) is 20.6 Å². The van der Waals surface area contributed by atoms with Crippen molar-refractivity contribution in [2.45, 2.75) is 44.9 Å². The number of thiophene rings is 1. The number of halogens is 3. The van der Waals surface area contributed by atoms with E-state index in [2.05, 4.69) is 5.32 Å². The van der Waals surface area contributed by atoms with E-state index in [9.17, 15) is 29.1 Å². The molecule has 246 valence electrons. The van der Waals surface area contributed by atoms with Crippen molar-refractivity contribution >= 4 is 76.9 Å². The molecule has 2 N–H and O–H groups in total. The predicted octanol–water partition coefficient (Wildman–Crippen LogP) is 4.19. The molecule has 4 rings (SSSR count). The maximum Gasteiger partial charge on any atom is 0.414 e. The van der Waals surface area contributed by atoms with Crippen LogP contribution in [0.15, 0.2) is 30.3 Å². The summed E-state index contributed by atoms with van der Waals surface area (Å²) >= 11 is 7.07. The van der Waals surface area contributed by atoms with E-state index in [1.807, 2.05) is 0 Å². The van der Waals surface area contributed by atoms with Crippen molar-refractivity contribution in [3.05, 3.63) is 45.4 Å². The van der Waals surface area contributed by atoms with Gasteiger partial charge in [-0.1, -0.05) is 25.4 Å². The molecule has 0 radical (unpaired) electrons. The largest absolute Gasteiger partial charge is 0.478 e. The van der Waals surface area contributed by atoms with E-state index in [0.29, 0.717) is 35.9 Å². The highest BCUT2D eigenvalue weighted by molar-refractivity contribution is 7.18. The molecule has 2 aromatic rings. The lowest BCUT2D eigenvalue weighted by Crippen LogP contribution is -2.70. The number of nitrogens with zero attached hydrogens (tertiary/aromatic N) is 3. The summed E-state index contributed by atoms with van der Waals surface area (Å²) in [4.78, 5) is 66.6. The predicted molar refractivity (Wildman–Crippen MR) is 168 cm³/mol. The van der Waals surface area contributed by atoms with E-state index in [1.54, 1.807) is 13.8 Å². The monoisotopic (exact) mass is 688 g/mol. The molecule has 2 saturated heterocycles. The van der Waals surface area contributed by atoms with Gasteiger partial charge in [-0.15, -0.1) is 23.7 Å². The minimum absolute atomic E-state index is 0. The number of ether oxygens (including phenoxy) is 2. The molecule has 0 spiro atoms. The average molecular weight is 690 g/mol. The van der Waals surface area contributed by atoms with Crippen molar-refractivity contribution in [3.63, 3.8) is 0 Å². The van der Waals surface area contributed by atoms with Gasteiger partial charge in [-0.2, -0.15) is 0 Å². The van der Waals surface area contributed by atoms with Crippen LogP contribution in [0.2, 0.25) is 4.34 Å². The van der Waals surface area contributed by atoms with Crippen LogP contribution in [0.3, 0.4) is 0 Å². The van der Waals surface area contributed by atoms with E-state index < -0.39 is 41.5 Å². The third kappa shape index (κ3) is 7.93. The summed E-state index contributed by atoms with van der Waals surface area (Å²) < 4.78 is 26.3. The van der Waals surface area contributed by atoms with E-state index in [0.717, 1.165) is 33.5 Å². The number of amides is 3. The Morgan fingerprint density at radius 1 is 1.24 bits per heavy atom. The van der Waals surface area contributed by atoms with Crippen LogP contribution >= 0.6 is 35.3 Å². The Balaban J connectivity index is 0.00000552. The number of morpholine rings is 1. The number of nitrogens with one attached hydrogen (secondary N) is 1. The summed E-state index contributed by atoms with van der Waals surface area (Å²) in [5, 5.41) is 13.6. The van der Waals surface area contributed by atoms with Gasteiger partial charge in [0.2, 0.25) is 0 Å². The number of aldehydes is 1. The molecular weight excluding hydrogens is 654 g/mol. The standard InChI is InChI=1S/C29H34ClFN4O8S.ClH/c1-18(2)29(27(39)40,32-10-4-3-5-12-36)35(26(38)23-8-9-24(30)44-23)16-20-15-34(28(41)43-20)22-7-6-19(14-21(22)31)33-11-13-42-17-25(33)37;/h6-9,12,14,18,20,32H,3-5,10-11,13,15-17H2,1-2H3,(H,39,40);1H/t20-,29-;/m1./s1. The van der Waals surface area contributed by atoms with Gasteiger partial charge in [0.1, 0.15) is 24.8 Å². The molecule has 45 heavy (non-hydrogen) atoms. The number of carbonyl (C=O) groups is 5. The number of carboxylic acid groups (broad SMARTS) is 1. The highest BCUT2D eigenvalue weighted by Crippen LogP contribution is 2.33. The third-order valence-electron chi connectivity index (χ3n) is 7.54. The lowest BCUT2D eigenvalue weighted by atomic mass is 9.92. The van der Waals surface area contributed by atoms with Crippen molar-refractivity contribution < 1.29 is 42.9 Å². The van der Waals surface area contributed by atoms with Crippen LogP contribution in [-0.2, 0) is 23.9 Å². The van der Waals surface area contributed by atoms with Gasteiger partial charge < -0.3 is 29.2 Å². The van der Waals surface area contributed by atoms with Crippen LogP contribution in [0.5, 0.6) is 0 Å². The van der Waals surface area contributed by atoms with Crippen LogP contribution < -0.4 is 15.1 Å². The number of unbranched alkanes of at least 4 members (excludes halogenated alkanes) is 2. The zero-order valence-electron chi connectivity index (χ0n) is 24.7.